The minimum atomic E-state index is -0.0989. The molecule has 7 nitrogen and oxygen atoms in total. The maximum atomic E-state index is 5.54. The maximum Gasteiger partial charge on any atom is 0.265 e. The monoisotopic (exact) mass is 386 g/mol. The molecule has 7 heteroatoms. The van der Waals surface area contributed by atoms with Crippen LogP contribution in [0.25, 0.3) is 0 Å². The number of rotatable bonds is 3. The normalized spacial score (nSPS) is 18.4. The number of nitrogens with zero attached hydrogens (tertiary/aromatic N) is 6. The summed E-state index contributed by atoms with van der Waals surface area (Å²) in [5, 5.41) is 4.08. The summed E-state index contributed by atoms with van der Waals surface area (Å²) in [4.78, 5) is 18.6. The highest BCUT2D eigenvalue weighted by molar-refractivity contribution is 5.43. The lowest BCUT2D eigenvalue weighted by molar-refractivity contribution is 0.332. The lowest BCUT2D eigenvalue weighted by atomic mass is 9.90. The summed E-state index contributed by atoms with van der Waals surface area (Å²) in [5.41, 5.74) is 0.954. The molecule has 1 unspecified atom stereocenters. The van der Waals surface area contributed by atoms with Crippen LogP contribution in [0.2, 0.25) is 0 Å². The first kappa shape index (κ1) is 20.6. The highest BCUT2D eigenvalue weighted by Gasteiger charge is 2.30. The van der Waals surface area contributed by atoms with E-state index in [-0.39, 0.29) is 16.7 Å². The molecule has 2 aromatic heterocycles. The van der Waals surface area contributed by atoms with Crippen molar-refractivity contribution in [3.8, 4) is 0 Å². The van der Waals surface area contributed by atoms with Gasteiger partial charge in [-0.1, -0.05) is 41.5 Å². The molecule has 1 aliphatic rings. The van der Waals surface area contributed by atoms with Crippen molar-refractivity contribution in [3.63, 3.8) is 0 Å². The predicted octanol–water partition coefficient (Wildman–Crippen LogP) is 3.90. The highest BCUT2D eigenvalue weighted by atomic mass is 16.5. The fourth-order valence-electron chi connectivity index (χ4n) is 3.28. The highest BCUT2D eigenvalue weighted by Crippen LogP contribution is 2.32. The molecule has 1 atom stereocenters. The van der Waals surface area contributed by atoms with Crippen molar-refractivity contribution < 1.29 is 4.52 Å². The Kier molecular flexibility index (Phi) is 5.38. The van der Waals surface area contributed by atoms with Crippen LogP contribution in [0.4, 0.5) is 11.8 Å². The van der Waals surface area contributed by atoms with Crippen molar-refractivity contribution in [3.05, 3.63) is 23.5 Å². The Morgan fingerprint density at radius 2 is 1.75 bits per heavy atom. The molecule has 0 bridgehead atoms. The van der Waals surface area contributed by atoms with E-state index in [2.05, 4.69) is 62.6 Å². The van der Waals surface area contributed by atoms with Crippen molar-refractivity contribution in [2.45, 2.75) is 71.1 Å². The standard InChI is InChI=1S/C21H34N6O/c1-20(2,3)15-12-16(23-18(22-15)21(4,5)6)27-11-9-10-14(13-27)17-24-19(25-28-17)26(7)8/h12,14H,9-11,13H2,1-8H3. The molecular formula is C21H34N6O. The zero-order valence-corrected chi connectivity index (χ0v) is 18.6. The molecule has 1 aliphatic heterocycles. The van der Waals surface area contributed by atoms with Crippen molar-refractivity contribution in [2.24, 2.45) is 0 Å². The Balaban J connectivity index is 1.91. The second kappa shape index (κ2) is 7.33. The molecule has 0 amide bonds. The van der Waals surface area contributed by atoms with Gasteiger partial charge in [0.2, 0.25) is 5.89 Å². The second-order valence-corrected chi connectivity index (χ2v) is 10.0. The summed E-state index contributed by atoms with van der Waals surface area (Å²) >= 11 is 0. The summed E-state index contributed by atoms with van der Waals surface area (Å²) < 4.78 is 5.54. The minimum Gasteiger partial charge on any atom is -0.356 e. The number of piperidine rings is 1. The van der Waals surface area contributed by atoms with Gasteiger partial charge in [-0.3, -0.25) is 0 Å². The van der Waals surface area contributed by atoms with Crippen molar-refractivity contribution >= 4 is 11.8 Å². The van der Waals surface area contributed by atoms with E-state index in [1.165, 1.54) is 0 Å². The van der Waals surface area contributed by atoms with E-state index in [1.807, 2.05) is 19.0 Å². The molecule has 0 aromatic carbocycles. The largest absolute Gasteiger partial charge is 0.356 e. The third kappa shape index (κ3) is 4.45. The Morgan fingerprint density at radius 1 is 1.04 bits per heavy atom. The molecule has 0 radical (unpaired) electrons. The SMILES string of the molecule is CN(C)c1noc(C2CCCN(c3cc(C(C)(C)C)nc(C(C)(C)C)n3)C2)n1. The average Bonchev–Trinajstić information content (AvgIpc) is 3.10. The summed E-state index contributed by atoms with van der Waals surface area (Å²) in [6.45, 7) is 14.9. The van der Waals surface area contributed by atoms with Gasteiger partial charge < -0.3 is 14.3 Å². The first-order valence-corrected chi connectivity index (χ1v) is 10.1. The van der Waals surface area contributed by atoms with E-state index < -0.39 is 0 Å². The van der Waals surface area contributed by atoms with E-state index in [0.717, 1.165) is 49.2 Å². The summed E-state index contributed by atoms with van der Waals surface area (Å²) in [6.07, 6.45) is 2.12. The first-order chi connectivity index (χ1) is 12.9. The Bertz CT molecular complexity index is 783. The topological polar surface area (TPSA) is 71.2 Å². The van der Waals surface area contributed by atoms with Gasteiger partial charge in [0.1, 0.15) is 11.6 Å². The van der Waals surface area contributed by atoms with Crippen LogP contribution >= 0.6 is 0 Å². The lowest BCUT2D eigenvalue weighted by Gasteiger charge is -2.33. The fourth-order valence-corrected chi connectivity index (χ4v) is 3.28. The first-order valence-electron chi connectivity index (χ1n) is 10.1. The van der Waals surface area contributed by atoms with Crippen LogP contribution in [0.5, 0.6) is 0 Å². The minimum absolute atomic E-state index is 0.0278. The van der Waals surface area contributed by atoms with Gasteiger partial charge in [0.15, 0.2) is 0 Å². The smallest absolute Gasteiger partial charge is 0.265 e. The molecule has 0 spiro atoms. The summed E-state index contributed by atoms with van der Waals surface area (Å²) in [7, 11) is 3.84. The summed E-state index contributed by atoms with van der Waals surface area (Å²) in [6, 6.07) is 2.15. The van der Waals surface area contributed by atoms with E-state index in [9.17, 15) is 0 Å². The summed E-state index contributed by atoms with van der Waals surface area (Å²) in [5.74, 6) is 3.46. The number of anilines is 2. The van der Waals surface area contributed by atoms with Gasteiger partial charge in [-0.2, -0.15) is 4.98 Å². The number of hydrogen-bond donors (Lipinski definition) is 0. The molecule has 0 aliphatic carbocycles. The Hall–Kier alpha value is -2.18. The zero-order chi connectivity index (χ0) is 20.7. The van der Waals surface area contributed by atoms with Gasteiger partial charge in [0.05, 0.1) is 11.6 Å². The van der Waals surface area contributed by atoms with Crippen molar-refractivity contribution in [1.29, 1.82) is 0 Å². The zero-order valence-electron chi connectivity index (χ0n) is 18.6. The van der Waals surface area contributed by atoms with Gasteiger partial charge in [0.25, 0.3) is 5.95 Å². The third-order valence-corrected chi connectivity index (χ3v) is 5.08. The third-order valence-electron chi connectivity index (χ3n) is 5.08. The molecule has 28 heavy (non-hydrogen) atoms. The molecule has 3 heterocycles. The van der Waals surface area contributed by atoms with E-state index >= 15 is 0 Å². The van der Waals surface area contributed by atoms with E-state index in [0.29, 0.717) is 5.95 Å². The molecule has 1 fully saturated rings. The van der Waals surface area contributed by atoms with Crippen LogP contribution in [-0.4, -0.2) is 47.3 Å². The molecule has 154 valence electrons. The molecule has 3 rings (SSSR count). The average molecular weight is 387 g/mol. The van der Waals surface area contributed by atoms with Gasteiger partial charge >= 0.3 is 0 Å². The van der Waals surface area contributed by atoms with Gasteiger partial charge in [-0.25, -0.2) is 9.97 Å². The van der Waals surface area contributed by atoms with Gasteiger partial charge in [-0.15, -0.1) is 0 Å². The van der Waals surface area contributed by atoms with Crippen LogP contribution in [0, 0.1) is 0 Å². The molecule has 0 saturated carbocycles. The predicted molar refractivity (Wildman–Crippen MR) is 112 cm³/mol. The molecular weight excluding hydrogens is 352 g/mol. The van der Waals surface area contributed by atoms with E-state index in [1.54, 1.807) is 0 Å². The van der Waals surface area contributed by atoms with Crippen LogP contribution < -0.4 is 9.80 Å². The maximum absolute atomic E-state index is 5.54. The van der Waals surface area contributed by atoms with Gasteiger partial charge in [0, 0.05) is 44.1 Å². The van der Waals surface area contributed by atoms with Crippen LogP contribution in [-0.2, 0) is 10.8 Å². The Labute approximate surface area is 168 Å². The second-order valence-electron chi connectivity index (χ2n) is 10.0. The van der Waals surface area contributed by atoms with Crippen LogP contribution in [0.15, 0.2) is 10.6 Å². The number of aromatic nitrogens is 4. The molecule has 2 aromatic rings. The molecule has 0 N–H and O–H groups in total. The van der Waals surface area contributed by atoms with Gasteiger partial charge in [-0.05, 0) is 18.0 Å². The Morgan fingerprint density at radius 3 is 2.32 bits per heavy atom. The lowest BCUT2D eigenvalue weighted by Crippen LogP contribution is -2.36. The number of hydrogen-bond acceptors (Lipinski definition) is 7. The van der Waals surface area contributed by atoms with Crippen LogP contribution in [0.1, 0.15) is 77.7 Å². The fraction of sp³-hybridized carbons (Fsp3) is 0.714. The quantitative estimate of drug-likeness (QED) is 0.792. The van der Waals surface area contributed by atoms with Crippen molar-refractivity contribution in [2.75, 3.05) is 37.0 Å². The van der Waals surface area contributed by atoms with Crippen LogP contribution in [0.3, 0.4) is 0 Å². The van der Waals surface area contributed by atoms with Crippen molar-refractivity contribution in [1.82, 2.24) is 20.1 Å². The molecule has 1 saturated heterocycles. The van der Waals surface area contributed by atoms with E-state index in [4.69, 9.17) is 14.5 Å².